The van der Waals surface area contributed by atoms with Gasteiger partial charge in [-0.3, -0.25) is 9.78 Å². The lowest BCUT2D eigenvalue weighted by Crippen LogP contribution is -2.20. The zero-order valence-electron chi connectivity index (χ0n) is 11.5. The van der Waals surface area contributed by atoms with Gasteiger partial charge in [0.15, 0.2) is 0 Å². The molecule has 0 spiro atoms. The van der Waals surface area contributed by atoms with Crippen LogP contribution in [0.25, 0.3) is 10.9 Å². The van der Waals surface area contributed by atoms with Crippen LogP contribution in [0.4, 0.5) is 11.6 Å². The van der Waals surface area contributed by atoms with Crippen molar-refractivity contribution >= 4 is 22.5 Å². The lowest BCUT2D eigenvalue weighted by atomic mass is 9.98. The summed E-state index contributed by atoms with van der Waals surface area (Å²) in [5.41, 5.74) is 6.71. The third-order valence-electron chi connectivity index (χ3n) is 3.46. The molecule has 2 rings (SSSR count). The summed E-state index contributed by atoms with van der Waals surface area (Å²) in [6.07, 6.45) is 0. The van der Waals surface area contributed by atoms with Crippen LogP contribution in [0.15, 0.2) is 23.0 Å². The Balaban J connectivity index is 2.26. The van der Waals surface area contributed by atoms with Crippen LogP contribution in [0.5, 0.6) is 0 Å². The van der Waals surface area contributed by atoms with Crippen LogP contribution in [0.2, 0.25) is 0 Å². The van der Waals surface area contributed by atoms with E-state index < -0.39 is 0 Å². The van der Waals surface area contributed by atoms with Gasteiger partial charge < -0.3 is 11.1 Å². The van der Waals surface area contributed by atoms with E-state index in [0.29, 0.717) is 34.4 Å². The van der Waals surface area contributed by atoms with Crippen molar-refractivity contribution in [2.45, 2.75) is 20.8 Å². The number of nitrogen functional groups attached to an aromatic ring is 1. The highest BCUT2D eigenvalue weighted by Gasteiger charge is 2.08. The minimum Gasteiger partial charge on any atom is -0.399 e. The van der Waals surface area contributed by atoms with Gasteiger partial charge in [0.2, 0.25) is 5.95 Å². The highest BCUT2D eigenvalue weighted by molar-refractivity contribution is 5.81. The number of fused-ring (bicyclic) bond motifs is 1. The summed E-state index contributed by atoms with van der Waals surface area (Å²) in [5, 5.41) is 3.69. The predicted molar refractivity (Wildman–Crippen MR) is 79.3 cm³/mol. The molecule has 0 amide bonds. The van der Waals surface area contributed by atoms with Crippen molar-refractivity contribution in [2.75, 3.05) is 17.6 Å². The number of hydrogen-bond donors (Lipinski definition) is 3. The zero-order valence-corrected chi connectivity index (χ0v) is 11.5. The Morgan fingerprint density at radius 2 is 2.11 bits per heavy atom. The van der Waals surface area contributed by atoms with E-state index in [2.05, 4.69) is 36.1 Å². The molecule has 0 bridgehead atoms. The first-order valence-electron chi connectivity index (χ1n) is 6.51. The van der Waals surface area contributed by atoms with Gasteiger partial charge in [0.05, 0.1) is 10.9 Å². The van der Waals surface area contributed by atoms with Crippen molar-refractivity contribution < 1.29 is 0 Å². The number of H-pyrrole nitrogens is 1. The fraction of sp³-hybridized carbons (Fsp3) is 0.429. The fourth-order valence-corrected chi connectivity index (χ4v) is 1.73. The Morgan fingerprint density at radius 3 is 2.79 bits per heavy atom. The number of hydrogen-bond acceptors (Lipinski definition) is 4. The molecule has 19 heavy (non-hydrogen) atoms. The molecule has 5 nitrogen and oxygen atoms in total. The van der Waals surface area contributed by atoms with Crippen molar-refractivity contribution in [1.29, 1.82) is 0 Å². The van der Waals surface area contributed by atoms with Crippen molar-refractivity contribution in [2.24, 2.45) is 11.8 Å². The highest BCUT2D eigenvalue weighted by atomic mass is 16.1. The van der Waals surface area contributed by atoms with E-state index in [1.165, 1.54) is 0 Å². The third kappa shape index (κ3) is 3.05. The lowest BCUT2D eigenvalue weighted by molar-refractivity contribution is 0.439. The topological polar surface area (TPSA) is 83.8 Å². The first-order chi connectivity index (χ1) is 8.97. The molecule has 0 saturated carbocycles. The Hall–Kier alpha value is -2.04. The number of nitrogens with two attached hydrogens (primary N) is 1. The molecular weight excluding hydrogens is 240 g/mol. The number of aromatic nitrogens is 2. The van der Waals surface area contributed by atoms with E-state index >= 15 is 0 Å². The summed E-state index contributed by atoms with van der Waals surface area (Å²) in [4.78, 5) is 19.1. The van der Waals surface area contributed by atoms with Crippen LogP contribution in [0.3, 0.4) is 0 Å². The van der Waals surface area contributed by atoms with Gasteiger partial charge >= 0.3 is 0 Å². The summed E-state index contributed by atoms with van der Waals surface area (Å²) < 4.78 is 0. The number of nitrogens with zero attached hydrogens (tertiary/aromatic N) is 1. The second-order valence-electron chi connectivity index (χ2n) is 5.29. The van der Waals surface area contributed by atoms with Crippen LogP contribution < -0.4 is 16.6 Å². The number of benzene rings is 1. The summed E-state index contributed by atoms with van der Waals surface area (Å²) in [6.45, 7) is 7.29. The van der Waals surface area contributed by atoms with Crippen molar-refractivity contribution in [3.05, 3.63) is 28.6 Å². The van der Waals surface area contributed by atoms with Crippen LogP contribution in [-0.4, -0.2) is 16.5 Å². The SMILES string of the molecule is CC(C)C(C)CNc1nc2ccc(N)cc2c(=O)[nH]1. The van der Waals surface area contributed by atoms with Gasteiger partial charge in [0.1, 0.15) is 0 Å². The Kier molecular flexibility index (Phi) is 3.74. The quantitative estimate of drug-likeness (QED) is 0.736. The highest BCUT2D eigenvalue weighted by Crippen LogP contribution is 2.14. The average molecular weight is 260 g/mol. The second-order valence-corrected chi connectivity index (χ2v) is 5.29. The van der Waals surface area contributed by atoms with E-state index in [9.17, 15) is 4.79 Å². The van der Waals surface area contributed by atoms with E-state index in [4.69, 9.17) is 5.73 Å². The van der Waals surface area contributed by atoms with Crippen LogP contribution in [-0.2, 0) is 0 Å². The van der Waals surface area contributed by atoms with Gasteiger partial charge in [-0.1, -0.05) is 20.8 Å². The number of nitrogens with one attached hydrogen (secondary N) is 2. The minimum absolute atomic E-state index is 0.169. The molecule has 0 aliphatic carbocycles. The normalized spacial score (nSPS) is 12.8. The molecule has 0 saturated heterocycles. The van der Waals surface area contributed by atoms with Crippen molar-refractivity contribution in [3.8, 4) is 0 Å². The zero-order chi connectivity index (χ0) is 14.0. The monoisotopic (exact) mass is 260 g/mol. The smallest absolute Gasteiger partial charge is 0.260 e. The average Bonchev–Trinajstić information content (AvgIpc) is 2.36. The van der Waals surface area contributed by atoms with E-state index in [1.807, 2.05) is 0 Å². The Bertz CT molecular complexity index is 633. The fourth-order valence-electron chi connectivity index (χ4n) is 1.73. The van der Waals surface area contributed by atoms with Crippen LogP contribution >= 0.6 is 0 Å². The maximum Gasteiger partial charge on any atom is 0.260 e. The van der Waals surface area contributed by atoms with Crippen molar-refractivity contribution in [1.82, 2.24) is 9.97 Å². The van der Waals surface area contributed by atoms with Gasteiger partial charge in [-0.15, -0.1) is 0 Å². The van der Waals surface area contributed by atoms with Gasteiger partial charge in [-0.2, -0.15) is 0 Å². The minimum atomic E-state index is -0.169. The number of rotatable bonds is 4. The standard InChI is InChI=1S/C14H20N4O/c1-8(2)9(3)7-16-14-17-12-5-4-10(15)6-11(12)13(19)18-14/h4-6,8-9H,7,15H2,1-3H3,(H2,16,17,18,19). The Labute approximate surface area is 112 Å². The molecule has 102 valence electrons. The molecule has 1 atom stereocenters. The molecule has 1 heterocycles. The molecule has 1 aromatic carbocycles. The van der Waals surface area contributed by atoms with Crippen molar-refractivity contribution in [3.63, 3.8) is 0 Å². The molecule has 1 unspecified atom stereocenters. The molecule has 1 aromatic heterocycles. The second kappa shape index (κ2) is 5.30. The first kappa shape index (κ1) is 13.4. The number of aromatic amines is 1. The summed E-state index contributed by atoms with van der Waals surface area (Å²) in [5.74, 6) is 1.60. The largest absolute Gasteiger partial charge is 0.399 e. The lowest BCUT2D eigenvalue weighted by Gasteiger charge is -2.16. The van der Waals surface area contributed by atoms with Crippen LogP contribution in [0, 0.1) is 11.8 Å². The van der Waals surface area contributed by atoms with Gasteiger partial charge in [-0.05, 0) is 30.0 Å². The molecule has 5 heteroatoms. The number of anilines is 2. The molecule has 4 N–H and O–H groups in total. The van der Waals surface area contributed by atoms with Crippen LogP contribution in [0.1, 0.15) is 20.8 Å². The maximum absolute atomic E-state index is 11.9. The molecule has 0 fully saturated rings. The molecule has 2 aromatic rings. The van der Waals surface area contributed by atoms with E-state index in [0.717, 1.165) is 6.54 Å². The summed E-state index contributed by atoms with van der Waals surface area (Å²) >= 11 is 0. The van der Waals surface area contributed by atoms with Gasteiger partial charge in [0, 0.05) is 12.2 Å². The van der Waals surface area contributed by atoms with Gasteiger partial charge in [-0.25, -0.2) is 4.98 Å². The molecule has 0 aliphatic rings. The molecule has 0 radical (unpaired) electrons. The molecular formula is C14H20N4O. The van der Waals surface area contributed by atoms with Gasteiger partial charge in [0.25, 0.3) is 5.56 Å². The summed E-state index contributed by atoms with van der Waals surface area (Å²) in [6, 6.07) is 5.15. The maximum atomic E-state index is 11.9. The van der Waals surface area contributed by atoms with E-state index in [-0.39, 0.29) is 5.56 Å². The first-order valence-corrected chi connectivity index (χ1v) is 6.51. The predicted octanol–water partition coefficient (Wildman–Crippen LogP) is 2.21. The third-order valence-corrected chi connectivity index (χ3v) is 3.46. The van der Waals surface area contributed by atoms with E-state index in [1.54, 1.807) is 18.2 Å². The Morgan fingerprint density at radius 1 is 1.37 bits per heavy atom. The summed E-state index contributed by atoms with van der Waals surface area (Å²) in [7, 11) is 0. The molecule has 0 aliphatic heterocycles.